The summed E-state index contributed by atoms with van der Waals surface area (Å²) in [6.45, 7) is 4.25. The fourth-order valence-corrected chi connectivity index (χ4v) is 6.74. The highest BCUT2D eigenvalue weighted by atomic mass is 19.1. The third kappa shape index (κ3) is 4.03. The molecule has 9 heteroatoms. The van der Waals surface area contributed by atoms with Crippen molar-refractivity contribution in [1.82, 2.24) is 30.3 Å². The van der Waals surface area contributed by atoms with E-state index in [9.17, 15) is 8.78 Å². The number of aryl methyl sites for hydroxylation is 1. The number of fused-ring (bicyclic) bond motifs is 2. The Morgan fingerprint density at radius 2 is 1.87 bits per heavy atom. The van der Waals surface area contributed by atoms with Crippen molar-refractivity contribution in [3.8, 4) is 11.4 Å². The van der Waals surface area contributed by atoms with E-state index in [2.05, 4.69) is 33.7 Å². The number of aromatic amines is 1. The summed E-state index contributed by atoms with van der Waals surface area (Å²) in [5.74, 6) is 0.986. The third-order valence-corrected chi connectivity index (χ3v) is 8.59. The minimum Gasteiger partial charge on any atom is -0.381 e. The molecule has 2 aromatic carbocycles. The minimum absolute atomic E-state index is 0.172. The summed E-state index contributed by atoms with van der Waals surface area (Å²) in [5.41, 5.74) is 6.00. The molecule has 2 atom stereocenters. The van der Waals surface area contributed by atoms with Gasteiger partial charge in [-0.2, -0.15) is 10.2 Å². The Hall–Kier alpha value is -3.69. The molecule has 4 aromatic rings. The van der Waals surface area contributed by atoms with Crippen LogP contribution in [0.2, 0.25) is 0 Å². The summed E-state index contributed by atoms with van der Waals surface area (Å²) in [4.78, 5) is 4.86. The first-order chi connectivity index (χ1) is 19.0. The number of nitrogens with zero attached hydrogens (tertiary/aromatic N) is 4. The zero-order chi connectivity index (χ0) is 26.6. The van der Waals surface area contributed by atoms with Gasteiger partial charge in [0.1, 0.15) is 17.5 Å². The molecule has 0 saturated carbocycles. The van der Waals surface area contributed by atoms with Crippen molar-refractivity contribution in [3.05, 3.63) is 94.6 Å². The predicted octanol–water partition coefficient (Wildman–Crippen LogP) is 5.33. The van der Waals surface area contributed by atoms with Crippen LogP contribution in [-0.2, 0) is 23.2 Å². The highest BCUT2D eigenvalue weighted by molar-refractivity contribution is 5.80. The highest BCUT2D eigenvalue weighted by Crippen LogP contribution is 2.54. The van der Waals surface area contributed by atoms with Crippen LogP contribution in [0.5, 0.6) is 0 Å². The fraction of sp³-hybridized carbons (Fsp3) is 0.367. The molecule has 1 fully saturated rings. The Kier molecular flexibility index (Phi) is 5.93. The first-order valence-electron chi connectivity index (χ1n) is 13.6. The topological polar surface area (TPSA) is 80.6 Å². The number of rotatable bonds is 5. The third-order valence-electron chi connectivity index (χ3n) is 8.59. The molecular weight excluding hydrogens is 498 g/mol. The van der Waals surface area contributed by atoms with Gasteiger partial charge in [-0.3, -0.25) is 15.1 Å². The number of halogens is 2. The maximum atomic E-state index is 14.4. The van der Waals surface area contributed by atoms with Crippen molar-refractivity contribution in [2.75, 3.05) is 13.2 Å². The molecule has 1 aliphatic carbocycles. The van der Waals surface area contributed by atoms with E-state index in [1.807, 2.05) is 16.9 Å². The van der Waals surface area contributed by atoms with Crippen LogP contribution in [0.3, 0.4) is 0 Å². The molecule has 0 amide bonds. The summed E-state index contributed by atoms with van der Waals surface area (Å²) < 4.78 is 35.6. The number of hydrogen-bond acceptors (Lipinski definition) is 5. The molecule has 2 unspecified atom stereocenters. The number of benzene rings is 2. The normalized spacial score (nSPS) is 23.2. The van der Waals surface area contributed by atoms with Gasteiger partial charge < -0.3 is 4.74 Å². The van der Waals surface area contributed by atoms with E-state index in [4.69, 9.17) is 9.72 Å². The van der Waals surface area contributed by atoms with Gasteiger partial charge in [0, 0.05) is 37.1 Å². The molecule has 3 aliphatic rings. The zero-order valence-electron chi connectivity index (χ0n) is 21.8. The molecular formula is C30H30F2N6O. The van der Waals surface area contributed by atoms with Crippen LogP contribution >= 0.6 is 0 Å². The van der Waals surface area contributed by atoms with Gasteiger partial charge in [0.15, 0.2) is 5.82 Å². The van der Waals surface area contributed by atoms with Gasteiger partial charge in [-0.05, 0) is 97.2 Å². The standard InChI is InChI=1S/C30H30F2N6O/c1-2-38-17-21(16-33-38)30(20-9-11-39-12-10-20)26-14-19-13-23(32)7-8-24(19)25(26)15-27(35-30)29-34-28(36-37-29)18-3-5-22(31)6-4-18/h3-8,13,16-17,20,27,35H,2,9-12,14-15H2,1H3,(H,34,36,37). The summed E-state index contributed by atoms with van der Waals surface area (Å²) in [6.07, 6.45) is 7.30. The lowest BCUT2D eigenvalue weighted by atomic mass is 9.66. The molecule has 0 radical (unpaired) electrons. The molecule has 2 aromatic heterocycles. The fourth-order valence-electron chi connectivity index (χ4n) is 6.74. The van der Waals surface area contributed by atoms with Gasteiger partial charge in [-0.15, -0.1) is 0 Å². The first kappa shape index (κ1) is 24.4. The van der Waals surface area contributed by atoms with Crippen LogP contribution in [-0.4, -0.2) is 38.2 Å². The number of H-pyrrole nitrogens is 1. The second-order valence-electron chi connectivity index (χ2n) is 10.7. The molecule has 0 bridgehead atoms. The van der Waals surface area contributed by atoms with Crippen molar-refractivity contribution in [2.24, 2.45) is 5.92 Å². The molecule has 39 heavy (non-hydrogen) atoms. The van der Waals surface area contributed by atoms with Gasteiger partial charge in [-0.25, -0.2) is 13.8 Å². The first-order valence-corrected chi connectivity index (χ1v) is 13.6. The second-order valence-corrected chi connectivity index (χ2v) is 10.7. The van der Waals surface area contributed by atoms with Crippen LogP contribution in [0, 0.1) is 17.6 Å². The Bertz CT molecular complexity index is 1550. The van der Waals surface area contributed by atoms with Crippen molar-refractivity contribution in [1.29, 1.82) is 0 Å². The van der Waals surface area contributed by atoms with Crippen molar-refractivity contribution < 1.29 is 13.5 Å². The van der Waals surface area contributed by atoms with Gasteiger partial charge >= 0.3 is 0 Å². The number of nitrogens with one attached hydrogen (secondary N) is 2. The van der Waals surface area contributed by atoms with E-state index in [1.54, 1.807) is 24.3 Å². The lowest BCUT2D eigenvalue weighted by Crippen LogP contribution is -2.55. The summed E-state index contributed by atoms with van der Waals surface area (Å²) in [6, 6.07) is 11.2. The van der Waals surface area contributed by atoms with Crippen molar-refractivity contribution in [3.63, 3.8) is 0 Å². The van der Waals surface area contributed by atoms with Crippen molar-refractivity contribution in [2.45, 2.75) is 50.7 Å². The Balaban J connectivity index is 1.38. The lowest BCUT2D eigenvalue weighted by Gasteiger charge is -2.49. The molecule has 7 nitrogen and oxygen atoms in total. The molecule has 1 saturated heterocycles. The molecule has 2 aliphatic heterocycles. The Labute approximate surface area is 225 Å². The van der Waals surface area contributed by atoms with Crippen molar-refractivity contribution >= 4 is 5.57 Å². The molecule has 200 valence electrons. The van der Waals surface area contributed by atoms with Crippen LogP contribution in [0.25, 0.3) is 17.0 Å². The quantitative estimate of drug-likeness (QED) is 0.366. The summed E-state index contributed by atoms with van der Waals surface area (Å²) in [7, 11) is 0. The van der Waals surface area contributed by atoms with Crippen LogP contribution in [0.15, 0.2) is 60.4 Å². The largest absolute Gasteiger partial charge is 0.381 e. The van der Waals surface area contributed by atoms with Gasteiger partial charge in [0.05, 0.1) is 17.8 Å². The second kappa shape index (κ2) is 9.50. The maximum Gasteiger partial charge on any atom is 0.181 e. The summed E-state index contributed by atoms with van der Waals surface area (Å²) in [5, 5.41) is 16.4. The zero-order valence-corrected chi connectivity index (χ0v) is 21.8. The van der Waals surface area contributed by atoms with Crippen LogP contribution in [0.1, 0.15) is 54.7 Å². The molecule has 2 N–H and O–H groups in total. The average molecular weight is 529 g/mol. The number of ether oxygens (including phenoxy) is 1. The minimum atomic E-state index is -0.520. The van der Waals surface area contributed by atoms with E-state index in [1.165, 1.54) is 23.3 Å². The lowest BCUT2D eigenvalue weighted by molar-refractivity contribution is 0.0307. The average Bonchev–Trinajstić information content (AvgIpc) is 3.72. The van der Waals surface area contributed by atoms with Crippen LogP contribution < -0.4 is 5.32 Å². The maximum absolute atomic E-state index is 14.4. The number of hydrogen-bond donors (Lipinski definition) is 2. The number of aromatic nitrogens is 5. The highest BCUT2D eigenvalue weighted by Gasteiger charge is 2.52. The van der Waals surface area contributed by atoms with Gasteiger partial charge in [0.2, 0.25) is 0 Å². The molecule has 0 spiro atoms. The Morgan fingerprint density at radius 3 is 2.64 bits per heavy atom. The van der Waals surface area contributed by atoms with Gasteiger partial charge in [-0.1, -0.05) is 6.07 Å². The SMILES string of the molecule is CCn1cc(C2(C3CCOCC3)NC(c3nc(-c4ccc(F)cc4)n[nH]3)CC3=C2Cc2cc(F)ccc23)cn1. The predicted molar refractivity (Wildman–Crippen MR) is 142 cm³/mol. The monoisotopic (exact) mass is 528 g/mol. The van der Waals surface area contributed by atoms with E-state index in [0.717, 1.165) is 47.5 Å². The van der Waals surface area contributed by atoms with E-state index >= 15 is 0 Å². The van der Waals surface area contributed by atoms with Crippen LogP contribution in [0.4, 0.5) is 8.78 Å². The Morgan fingerprint density at radius 1 is 1.08 bits per heavy atom. The smallest absolute Gasteiger partial charge is 0.181 e. The molecule has 7 rings (SSSR count). The van der Waals surface area contributed by atoms with Gasteiger partial charge in [0.25, 0.3) is 0 Å². The van der Waals surface area contributed by atoms with E-state index in [-0.39, 0.29) is 23.6 Å². The molecule has 4 heterocycles. The van der Waals surface area contributed by atoms with E-state index in [0.29, 0.717) is 31.9 Å². The van der Waals surface area contributed by atoms with E-state index < -0.39 is 5.54 Å². The summed E-state index contributed by atoms with van der Waals surface area (Å²) >= 11 is 0.